The molecule has 1 saturated heterocycles. The monoisotopic (exact) mass is 320 g/mol. The van der Waals surface area contributed by atoms with E-state index in [1.165, 1.54) is 5.56 Å². The average molecular weight is 320 g/mol. The molecular formula is C18H20N6. The van der Waals surface area contributed by atoms with Crippen LogP contribution in [0.4, 0.5) is 5.82 Å². The van der Waals surface area contributed by atoms with E-state index in [4.69, 9.17) is 4.98 Å². The van der Waals surface area contributed by atoms with Gasteiger partial charge in [-0.3, -0.25) is 0 Å². The van der Waals surface area contributed by atoms with Gasteiger partial charge in [-0.15, -0.1) is 10.2 Å². The van der Waals surface area contributed by atoms with E-state index in [0.717, 1.165) is 43.4 Å². The fourth-order valence-electron chi connectivity index (χ4n) is 3.27. The van der Waals surface area contributed by atoms with Gasteiger partial charge in [-0.05, 0) is 18.1 Å². The maximum atomic E-state index is 4.76. The molecule has 0 aliphatic carbocycles. The second kappa shape index (κ2) is 6.39. The summed E-state index contributed by atoms with van der Waals surface area (Å²) in [7, 11) is 2.00. The Kier molecular flexibility index (Phi) is 3.94. The minimum atomic E-state index is 0.407. The summed E-state index contributed by atoms with van der Waals surface area (Å²) in [5, 5.41) is 8.25. The molecule has 1 unspecified atom stereocenters. The second-order valence-corrected chi connectivity index (χ2v) is 6.23. The molecule has 4 rings (SSSR count). The van der Waals surface area contributed by atoms with Crippen LogP contribution < -0.4 is 4.90 Å². The molecule has 3 heterocycles. The van der Waals surface area contributed by atoms with Gasteiger partial charge < -0.3 is 9.47 Å². The van der Waals surface area contributed by atoms with E-state index in [0.29, 0.717) is 5.92 Å². The summed E-state index contributed by atoms with van der Waals surface area (Å²) >= 11 is 0. The van der Waals surface area contributed by atoms with Crippen molar-refractivity contribution in [2.24, 2.45) is 7.05 Å². The molecule has 122 valence electrons. The lowest BCUT2D eigenvalue weighted by molar-refractivity contribution is 0.662. The van der Waals surface area contributed by atoms with Crippen molar-refractivity contribution in [1.29, 1.82) is 0 Å². The zero-order valence-corrected chi connectivity index (χ0v) is 13.7. The smallest absolute Gasteiger partial charge is 0.137 e. The zero-order chi connectivity index (χ0) is 16.4. The molecule has 24 heavy (non-hydrogen) atoms. The van der Waals surface area contributed by atoms with E-state index in [1.807, 2.05) is 42.1 Å². The van der Waals surface area contributed by atoms with Gasteiger partial charge in [-0.1, -0.05) is 30.3 Å². The van der Waals surface area contributed by atoms with E-state index in [-0.39, 0.29) is 0 Å². The summed E-state index contributed by atoms with van der Waals surface area (Å²) in [4.78, 5) is 11.5. The lowest BCUT2D eigenvalue weighted by Crippen LogP contribution is -2.21. The number of nitrogens with zero attached hydrogens (tertiary/aromatic N) is 6. The molecule has 0 radical (unpaired) electrons. The van der Waals surface area contributed by atoms with Crippen LogP contribution in [0.1, 0.15) is 29.6 Å². The SMILES string of the molecule is Cn1cnnc1C1CCN(c2ccnc(Cc3ccccc3)n2)C1. The molecule has 1 fully saturated rings. The Hall–Kier alpha value is -2.76. The lowest BCUT2D eigenvalue weighted by Gasteiger charge is -2.17. The van der Waals surface area contributed by atoms with Crippen LogP contribution >= 0.6 is 0 Å². The highest BCUT2D eigenvalue weighted by molar-refractivity contribution is 5.40. The number of anilines is 1. The Balaban J connectivity index is 1.49. The number of hydrogen-bond donors (Lipinski definition) is 0. The van der Waals surface area contributed by atoms with E-state index in [1.54, 1.807) is 6.33 Å². The molecule has 1 aliphatic rings. The van der Waals surface area contributed by atoms with Crippen LogP contribution in [-0.4, -0.2) is 37.8 Å². The third-order valence-corrected chi connectivity index (χ3v) is 4.52. The fourth-order valence-corrected chi connectivity index (χ4v) is 3.27. The van der Waals surface area contributed by atoms with E-state index < -0.39 is 0 Å². The molecule has 0 spiro atoms. The Labute approximate surface area is 141 Å². The first-order chi connectivity index (χ1) is 11.8. The predicted molar refractivity (Wildman–Crippen MR) is 91.9 cm³/mol. The number of aryl methyl sites for hydroxylation is 1. The largest absolute Gasteiger partial charge is 0.356 e. The first-order valence-corrected chi connectivity index (χ1v) is 8.24. The van der Waals surface area contributed by atoms with Gasteiger partial charge >= 0.3 is 0 Å². The maximum Gasteiger partial charge on any atom is 0.137 e. The number of aromatic nitrogens is 5. The van der Waals surface area contributed by atoms with Crippen molar-refractivity contribution in [2.75, 3.05) is 18.0 Å². The van der Waals surface area contributed by atoms with E-state index in [9.17, 15) is 0 Å². The van der Waals surface area contributed by atoms with Crippen molar-refractivity contribution in [3.05, 3.63) is 66.1 Å². The number of hydrogen-bond acceptors (Lipinski definition) is 5. The van der Waals surface area contributed by atoms with Gasteiger partial charge in [-0.2, -0.15) is 0 Å². The highest BCUT2D eigenvalue weighted by atomic mass is 15.3. The maximum absolute atomic E-state index is 4.76. The summed E-state index contributed by atoms with van der Waals surface area (Å²) in [6.07, 6.45) is 5.46. The number of rotatable bonds is 4. The Morgan fingerprint density at radius 1 is 1.17 bits per heavy atom. The van der Waals surface area contributed by atoms with Crippen LogP contribution in [0.2, 0.25) is 0 Å². The van der Waals surface area contributed by atoms with Gasteiger partial charge in [0.15, 0.2) is 0 Å². The normalized spacial score (nSPS) is 17.4. The summed E-state index contributed by atoms with van der Waals surface area (Å²) in [6, 6.07) is 12.3. The summed E-state index contributed by atoms with van der Waals surface area (Å²) in [6.45, 7) is 1.91. The minimum Gasteiger partial charge on any atom is -0.356 e. The molecular weight excluding hydrogens is 300 g/mol. The Morgan fingerprint density at radius 3 is 2.83 bits per heavy atom. The summed E-state index contributed by atoms with van der Waals surface area (Å²) in [5.41, 5.74) is 1.23. The summed E-state index contributed by atoms with van der Waals surface area (Å²) in [5.74, 6) is 3.32. The minimum absolute atomic E-state index is 0.407. The zero-order valence-electron chi connectivity index (χ0n) is 13.7. The van der Waals surface area contributed by atoms with Crippen molar-refractivity contribution in [1.82, 2.24) is 24.7 Å². The summed E-state index contributed by atoms with van der Waals surface area (Å²) < 4.78 is 2.01. The highest BCUT2D eigenvalue weighted by Gasteiger charge is 2.28. The molecule has 1 aliphatic heterocycles. The molecule has 0 N–H and O–H groups in total. The Morgan fingerprint density at radius 2 is 2.04 bits per heavy atom. The van der Waals surface area contributed by atoms with Crippen molar-refractivity contribution >= 4 is 5.82 Å². The van der Waals surface area contributed by atoms with Gasteiger partial charge in [0.2, 0.25) is 0 Å². The van der Waals surface area contributed by atoms with Crippen molar-refractivity contribution in [3.63, 3.8) is 0 Å². The lowest BCUT2D eigenvalue weighted by atomic mass is 10.1. The third kappa shape index (κ3) is 2.99. The molecule has 6 heteroatoms. The average Bonchev–Trinajstić information content (AvgIpc) is 3.25. The van der Waals surface area contributed by atoms with Crippen LogP contribution in [0.3, 0.4) is 0 Å². The van der Waals surface area contributed by atoms with Crippen molar-refractivity contribution in [3.8, 4) is 0 Å². The van der Waals surface area contributed by atoms with Gasteiger partial charge in [0.1, 0.15) is 23.8 Å². The molecule has 0 amide bonds. The van der Waals surface area contributed by atoms with Crippen LogP contribution in [-0.2, 0) is 13.5 Å². The first kappa shape index (κ1) is 14.8. The van der Waals surface area contributed by atoms with Gasteiger partial charge in [0.05, 0.1) is 0 Å². The molecule has 2 aromatic heterocycles. The van der Waals surface area contributed by atoms with Crippen LogP contribution in [0.25, 0.3) is 0 Å². The van der Waals surface area contributed by atoms with Crippen molar-refractivity contribution in [2.45, 2.75) is 18.8 Å². The number of benzene rings is 1. The van der Waals surface area contributed by atoms with Gasteiger partial charge in [0.25, 0.3) is 0 Å². The highest BCUT2D eigenvalue weighted by Crippen LogP contribution is 2.28. The molecule has 3 aromatic rings. The topological polar surface area (TPSA) is 59.7 Å². The third-order valence-electron chi connectivity index (χ3n) is 4.52. The van der Waals surface area contributed by atoms with Gasteiger partial charge in [0, 0.05) is 38.7 Å². The second-order valence-electron chi connectivity index (χ2n) is 6.23. The molecule has 1 atom stereocenters. The first-order valence-electron chi connectivity index (χ1n) is 8.24. The van der Waals surface area contributed by atoms with Crippen LogP contribution in [0, 0.1) is 0 Å². The molecule has 6 nitrogen and oxygen atoms in total. The molecule has 0 saturated carbocycles. The Bertz CT molecular complexity index is 813. The van der Waals surface area contributed by atoms with Crippen molar-refractivity contribution < 1.29 is 0 Å². The van der Waals surface area contributed by atoms with Crippen LogP contribution in [0.5, 0.6) is 0 Å². The quantitative estimate of drug-likeness (QED) is 0.737. The molecule has 0 bridgehead atoms. The fraction of sp³-hybridized carbons (Fsp3) is 0.333. The van der Waals surface area contributed by atoms with E-state index >= 15 is 0 Å². The van der Waals surface area contributed by atoms with Crippen LogP contribution in [0.15, 0.2) is 48.9 Å². The van der Waals surface area contributed by atoms with Gasteiger partial charge in [-0.25, -0.2) is 9.97 Å². The standard InChI is InChI=1S/C18H20N6/c1-23-13-20-22-18(23)15-8-10-24(12-15)17-7-9-19-16(21-17)11-14-5-3-2-4-6-14/h2-7,9,13,15H,8,10-12H2,1H3. The molecule has 1 aromatic carbocycles. The van der Waals surface area contributed by atoms with E-state index in [2.05, 4.69) is 32.2 Å². The predicted octanol–water partition coefficient (Wildman–Crippen LogP) is 2.19.